The van der Waals surface area contributed by atoms with Gasteiger partial charge in [-0.25, -0.2) is 14.8 Å². The normalized spacial score (nSPS) is 13.3. The molecule has 1 amide bonds. The van der Waals surface area contributed by atoms with E-state index in [0.29, 0.717) is 19.7 Å². The fourth-order valence-electron chi connectivity index (χ4n) is 4.79. The second kappa shape index (κ2) is 10.7. The number of benzene rings is 1. The van der Waals surface area contributed by atoms with Crippen LogP contribution in [0, 0.1) is 0 Å². The number of nitrogens with two attached hydrogens (primary N) is 1. The number of fused-ring (bicyclic) bond motifs is 3. The van der Waals surface area contributed by atoms with Gasteiger partial charge in [-0.3, -0.25) is 0 Å². The molecule has 1 aliphatic heterocycles. The molecule has 33 heavy (non-hydrogen) atoms. The summed E-state index contributed by atoms with van der Waals surface area (Å²) in [7, 11) is 0. The van der Waals surface area contributed by atoms with Gasteiger partial charge in [0.2, 0.25) is 5.95 Å². The summed E-state index contributed by atoms with van der Waals surface area (Å²) in [4.78, 5) is 22.5. The van der Waals surface area contributed by atoms with E-state index < -0.39 is 0 Å². The third-order valence-corrected chi connectivity index (χ3v) is 6.52. The van der Waals surface area contributed by atoms with Crippen molar-refractivity contribution in [3.8, 4) is 11.1 Å². The maximum absolute atomic E-state index is 12.4. The molecule has 176 valence electrons. The molecule has 0 unspecified atom stereocenters. The lowest BCUT2D eigenvalue weighted by atomic mass is 10.0. The third kappa shape index (κ3) is 5.13. The maximum atomic E-state index is 12.4. The Morgan fingerprint density at radius 2 is 1.82 bits per heavy atom. The van der Waals surface area contributed by atoms with Crippen LogP contribution < -0.4 is 5.73 Å². The van der Waals surface area contributed by atoms with Crippen LogP contribution in [0.3, 0.4) is 0 Å². The molecular weight excluding hydrogens is 414 g/mol. The van der Waals surface area contributed by atoms with Gasteiger partial charge in [0.25, 0.3) is 0 Å². The van der Waals surface area contributed by atoms with Gasteiger partial charge in [0, 0.05) is 59.6 Å². The number of carbonyl (C=O) groups is 1. The first-order chi connectivity index (χ1) is 16.1. The summed E-state index contributed by atoms with van der Waals surface area (Å²) >= 11 is 0. The number of carbonyl (C=O) groups excluding carboxylic acids is 1. The molecule has 2 N–H and O–H groups in total. The zero-order chi connectivity index (χ0) is 23.2. The highest BCUT2D eigenvalue weighted by molar-refractivity contribution is 5.90. The molecule has 0 saturated heterocycles. The number of aryl methyl sites for hydroxylation is 1. The fourth-order valence-corrected chi connectivity index (χ4v) is 4.79. The molecule has 7 heteroatoms. The van der Waals surface area contributed by atoms with E-state index >= 15 is 0 Å². The largest absolute Gasteiger partial charge is 0.450 e. The van der Waals surface area contributed by atoms with Crippen LogP contribution in [0.15, 0.2) is 30.6 Å². The Kier molecular flexibility index (Phi) is 7.47. The van der Waals surface area contributed by atoms with E-state index in [0.717, 1.165) is 24.1 Å². The zero-order valence-corrected chi connectivity index (χ0v) is 19.8. The van der Waals surface area contributed by atoms with E-state index in [2.05, 4.69) is 39.7 Å². The van der Waals surface area contributed by atoms with Crippen molar-refractivity contribution in [2.24, 2.45) is 0 Å². The molecule has 0 aliphatic carbocycles. The van der Waals surface area contributed by atoms with E-state index in [1.165, 1.54) is 60.7 Å². The number of ether oxygens (including phenoxy) is 1. The summed E-state index contributed by atoms with van der Waals surface area (Å²) in [6.07, 6.45) is 11.8. The lowest BCUT2D eigenvalue weighted by molar-refractivity contribution is 0.102. The number of hydrogen-bond donors (Lipinski definition) is 1. The minimum absolute atomic E-state index is 0.233. The van der Waals surface area contributed by atoms with Crippen molar-refractivity contribution in [2.75, 3.05) is 18.9 Å². The molecule has 0 radical (unpaired) electrons. The molecule has 0 fully saturated rings. The van der Waals surface area contributed by atoms with Gasteiger partial charge in [0.15, 0.2) is 0 Å². The molecule has 1 aromatic carbocycles. The Labute approximate surface area is 196 Å². The van der Waals surface area contributed by atoms with Gasteiger partial charge in [0.05, 0.1) is 13.2 Å². The highest BCUT2D eigenvalue weighted by atomic mass is 16.6. The number of amides is 1. The molecule has 0 saturated carbocycles. The molecule has 4 rings (SSSR count). The minimum atomic E-state index is -0.233. The van der Waals surface area contributed by atoms with Crippen molar-refractivity contribution >= 4 is 22.9 Å². The Morgan fingerprint density at radius 1 is 1.06 bits per heavy atom. The molecule has 3 heterocycles. The van der Waals surface area contributed by atoms with Crippen molar-refractivity contribution in [3.63, 3.8) is 0 Å². The quantitative estimate of drug-likeness (QED) is 0.433. The van der Waals surface area contributed by atoms with Crippen molar-refractivity contribution in [3.05, 3.63) is 41.9 Å². The predicted octanol–water partition coefficient (Wildman–Crippen LogP) is 5.56. The van der Waals surface area contributed by atoms with E-state index in [1.807, 2.05) is 11.8 Å². The summed E-state index contributed by atoms with van der Waals surface area (Å²) in [5.74, 6) is 0.271. The Morgan fingerprint density at radius 3 is 2.58 bits per heavy atom. The average molecular weight is 450 g/mol. The topological polar surface area (TPSA) is 86.3 Å². The lowest BCUT2D eigenvalue weighted by Crippen LogP contribution is -2.36. The first-order valence-electron chi connectivity index (χ1n) is 12.3. The van der Waals surface area contributed by atoms with Crippen molar-refractivity contribution in [1.29, 1.82) is 0 Å². The number of aromatic nitrogens is 3. The molecule has 1 aliphatic rings. The Bertz CT molecular complexity index is 1090. The van der Waals surface area contributed by atoms with Gasteiger partial charge >= 0.3 is 6.09 Å². The summed E-state index contributed by atoms with van der Waals surface area (Å²) < 4.78 is 7.77. The van der Waals surface area contributed by atoms with Gasteiger partial charge in [-0.1, -0.05) is 45.1 Å². The lowest BCUT2D eigenvalue weighted by Gasteiger charge is -2.27. The third-order valence-electron chi connectivity index (χ3n) is 6.52. The standard InChI is InChI=1S/C26H35N5O2/c1-3-5-6-7-8-9-13-31-23-11-10-19(20-16-28-25(27)29-17-20)15-21(23)22-18-30(14-12-24(22)31)26(32)33-4-2/h10-11,15-17H,3-9,12-14,18H2,1-2H3,(H2,27,28,29). The molecule has 0 spiro atoms. The van der Waals surface area contributed by atoms with Gasteiger partial charge in [-0.05, 0) is 31.0 Å². The van der Waals surface area contributed by atoms with E-state index in [-0.39, 0.29) is 12.0 Å². The van der Waals surface area contributed by atoms with Gasteiger partial charge in [0.1, 0.15) is 0 Å². The molecule has 0 atom stereocenters. The summed E-state index contributed by atoms with van der Waals surface area (Å²) in [5.41, 5.74) is 11.5. The van der Waals surface area contributed by atoms with Crippen LogP contribution >= 0.6 is 0 Å². The maximum Gasteiger partial charge on any atom is 0.410 e. The SMILES string of the molecule is CCCCCCCCn1c2c(c3cc(-c4cnc(N)nc4)ccc31)CN(C(=O)OCC)CC2. The second-order valence-corrected chi connectivity index (χ2v) is 8.78. The van der Waals surface area contributed by atoms with Crippen molar-refractivity contribution in [1.82, 2.24) is 19.4 Å². The number of nitrogen functional groups attached to an aromatic ring is 1. The van der Waals surface area contributed by atoms with Crippen LogP contribution in [0.2, 0.25) is 0 Å². The van der Waals surface area contributed by atoms with Crippen LogP contribution in [-0.4, -0.2) is 38.7 Å². The molecule has 0 bridgehead atoms. The van der Waals surface area contributed by atoms with Gasteiger partial charge in [-0.2, -0.15) is 0 Å². The van der Waals surface area contributed by atoms with Gasteiger partial charge in [-0.15, -0.1) is 0 Å². The monoisotopic (exact) mass is 449 g/mol. The second-order valence-electron chi connectivity index (χ2n) is 8.78. The van der Waals surface area contributed by atoms with E-state index in [4.69, 9.17) is 10.5 Å². The van der Waals surface area contributed by atoms with E-state index in [1.54, 1.807) is 12.4 Å². The first kappa shape index (κ1) is 23.1. The number of nitrogens with zero attached hydrogens (tertiary/aromatic N) is 4. The molecule has 7 nitrogen and oxygen atoms in total. The number of anilines is 1. The summed E-state index contributed by atoms with van der Waals surface area (Å²) in [6.45, 7) is 6.78. The van der Waals surface area contributed by atoms with Crippen LogP contribution in [0.1, 0.15) is 63.6 Å². The smallest absolute Gasteiger partial charge is 0.410 e. The average Bonchev–Trinajstić information content (AvgIpc) is 3.14. The number of unbranched alkanes of at least 4 members (excludes halogenated alkanes) is 5. The first-order valence-corrected chi connectivity index (χ1v) is 12.3. The van der Waals surface area contributed by atoms with Crippen LogP contribution in [-0.2, 0) is 24.2 Å². The van der Waals surface area contributed by atoms with E-state index in [9.17, 15) is 4.79 Å². The number of hydrogen-bond acceptors (Lipinski definition) is 5. The van der Waals surface area contributed by atoms with Crippen LogP contribution in [0.4, 0.5) is 10.7 Å². The van der Waals surface area contributed by atoms with Gasteiger partial charge < -0.3 is 19.9 Å². The summed E-state index contributed by atoms with van der Waals surface area (Å²) in [5, 5.41) is 1.19. The van der Waals surface area contributed by atoms with Crippen LogP contribution in [0.5, 0.6) is 0 Å². The van der Waals surface area contributed by atoms with Crippen molar-refractivity contribution < 1.29 is 9.53 Å². The highest BCUT2D eigenvalue weighted by Crippen LogP contribution is 2.34. The Balaban J connectivity index is 1.65. The zero-order valence-electron chi connectivity index (χ0n) is 19.8. The highest BCUT2D eigenvalue weighted by Gasteiger charge is 2.27. The molecular formula is C26H35N5O2. The minimum Gasteiger partial charge on any atom is -0.450 e. The molecule has 3 aromatic rings. The predicted molar refractivity (Wildman–Crippen MR) is 132 cm³/mol. The Hall–Kier alpha value is -3.09. The number of rotatable bonds is 9. The van der Waals surface area contributed by atoms with Crippen molar-refractivity contribution in [2.45, 2.75) is 71.9 Å². The molecule has 2 aromatic heterocycles. The summed E-state index contributed by atoms with van der Waals surface area (Å²) in [6, 6.07) is 6.53. The fraction of sp³-hybridized carbons (Fsp3) is 0.500. The van der Waals surface area contributed by atoms with Crippen LogP contribution in [0.25, 0.3) is 22.0 Å².